The molecule has 0 bridgehead atoms. The van der Waals surface area contributed by atoms with Crippen LogP contribution in [0.15, 0.2) is 76.3 Å². The van der Waals surface area contributed by atoms with Crippen LogP contribution in [0.4, 0.5) is 5.69 Å². The summed E-state index contributed by atoms with van der Waals surface area (Å²) in [6.45, 7) is -0.345. The topological polar surface area (TPSA) is 84.5 Å². The van der Waals surface area contributed by atoms with Gasteiger partial charge >= 0.3 is 0 Å². The zero-order chi connectivity index (χ0) is 18.4. The van der Waals surface area contributed by atoms with E-state index in [4.69, 9.17) is 4.74 Å². The molecule has 3 aromatic rings. The molecule has 0 spiro atoms. The van der Waals surface area contributed by atoms with E-state index in [1.807, 2.05) is 30.3 Å². The van der Waals surface area contributed by atoms with Gasteiger partial charge in [0, 0.05) is 5.69 Å². The maximum atomic E-state index is 12.0. The summed E-state index contributed by atoms with van der Waals surface area (Å²) in [7, 11) is -3.66. The second kappa shape index (κ2) is 8.13. The number of hydrogen-bond donors (Lipinski definition) is 2. The molecule has 3 rings (SSSR count). The van der Waals surface area contributed by atoms with Gasteiger partial charge in [0.2, 0.25) is 5.91 Å². The van der Waals surface area contributed by atoms with Crippen LogP contribution in [-0.2, 0) is 14.8 Å². The molecule has 1 heterocycles. The van der Waals surface area contributed by atoms with Crippen LogP contribution >= 0.6 is 11.3 Å². The Morgan fingerprint density at radius 1 is 0.923 bits per heavy atom. The van der Waals surface area contributed by atoms with Crippen molar-refractivity contribution in [2.45, 2.75) is 4.21 Å². The number of anilines is 1. The Labute approximate surface area is 155 Å². The molecular weight excluding hydrogens is 372 g/mol. The number of rotatable bonds is 7. The van der Waals surface area contributed by atoms with Crippen LogP contribution in [0.5, 0.6) is 11.5 Å². The summed E-state index contributed by atoms with van der Waals surface area (Å²) in [6.07, 6.45) is 0. The number of nitrogens with one attached hydrogen (secondary N) is 2. The molecule has 2 aromatic carbocycles. The lowest BCUT2D eigenvalue weighted by molar-refractivity contribution is -0.115. The molecule has 0 atom stereocenters. The Kier molecular flexibility index (Phi) is 5.67. The van der Waals surface area contributed by atoms with E-state index >= 15 is 0 Å². The predicted octanol–water partition coefficient (Wildman–Crippen LogP) is 3.46. The summed E-state index contributed by atoms with van der Waals surface area (Å²) in [5, 5.41) is 4.29. The van der Waals surface area contributed by atoms with E-state index in [1.54, 1.807) is 35.7 Å². The van der Waals surface area contributed by atoms with E-state index < -0.39 is 15.9 Å². The van der Waals surface area contributed by atoms with Crippen molar-refractivity contribution >= 4 is 33.0 Å². The van der Waals surface area contributed by atoms with Gasteiger partial charge in [0.25, 0.3) is 10.0 Å². The number of sulfonamides is 1. The third-order valence-corrected chi connectivity index (χ3v) is 6.10. The van der Waals surface area contributed by atoms with Gasteiger partial charge in [0.15, 0.2) is 0 Å². The van der Waals surface area contributed by atoms with E-state index in [0.29, 0.717) is 17.2 Å². The predicted molar refractivity (Wildman–Crippen MR) is 101 cm³/mol. The first-order valence-electron chi connectivity index (χ1n) is 7.69. The molecule has 1 amide bonds. The molecule has 6 nitrogen and oxygen atoms in total. The average molecular weight is 388 g/mol. The monoisotopic (exact) mass is 388 g/mol. The minimum absolute atomic E-state index is 0.174. The summed E-state index contributed by atoms with van der Waals surface area (Å²) in [5.74, 6) is 0.890. The van der Waals surface area contributed by atoms with Gasteiger partial charge in [0.05, 0.1) is 6.54 Å². The van der Waals surface area contributed by atoms with Crippen LogP contribution < -0.4 is 14.8 Å². The largest absolute Gasteiger partial charge is 0.457 e. The molecule has 1 aromatic heterocycles. The average Bonchev–Trinajstić information content (AvgIpc) is 3.18. The number of carbonyl (C=O) groups is 1. The number of carbonyl (C=O) groups excluding carboxylic acids is 1. The zero-order valence-corrected chi connectivity index (χ0v) is 15.2. The van der Waals surface area contributed by atoms with Gasteiger partial charge in [-0.15, -0.1) is 11.3 Å². The number of ether oxygens (including phenoxy) is 1. The van der Waals surface area contributed by atoms with Crippen molar-refractivity contribution in [3.05, 3.63) is 72.1 Å². The first-order chi connectivity index (χ1) is 12.5. The zero-order valence-electron chi connectivity index (χ0n) is 13.6. The highest BCUT2D eigenvalue weighted by Gasteiger charge is 2.16. The van der Waals surface area contributed by atoms with Crippen LogP contribution in [0.3, 0.4) is 0 Å². The fraction of sp³-hybridized carbons (Fsp3) is 0.0556. The van der Waals surface area contributed by atoms with Crippen molar-refractivity contribution in [3.63, 3.8) is 0 Å². The highest BCUT2D eigenvalue weighted by atomic mass is 32.2. The van der Waals surface area contributed by atoms with E-state index in [2.05, 4.69) is 10.0 Å². The van der Waals surface area contributed by atoms with E-state index in [9.17, 15) is 13.2 Å². The van der Waals surface area contributed by atoms with Crippen molar-refractivity contribution in [2.75, 3.05) is 11.9 Å². The lowest BCUT2D eigenvalue weighted by Crippen LogP contribution is -2.32. The minimum atomic E-state index is -3.66. The maximum absolute atomic E-state index is 12.0. The smallest absolute Gasteiger partial charge is 0.250 e. The normalized spacial score (nSPS) is 11.1. The van der Waals surface area contributed by atoms with Gasteiger partial charge in [-0.3, -0.25) is 4.79 Å². The molecular formula is C18H16N2O4S2. The van der Waals surface area contributed by atoms with E-state index in [-0.39, 0.29) is 10.8 Å². The number of benzene rings is 2. The fourth-order valence-electron chi connectivity index (χ4n) is 2.08. The van der Waals surface area contributed by atoms with Crippen molar-refractivity contribution in [2.24, 2.45) is 0 Å². The third-order valence-electron chi connectivity index (χ3n) is 3.30. The van der Waals surface area contributed by atoms with Gasteiger partial charge in [-0.25, -0.2) is 13.1 Å². The molecule has 0 saturated carbocycles. The summed E-state index contributed by atoms with van der Waals surface area (Å²) < 4.78 is 32.1. The van der Waals surface area contributed by atoms with Crippen molar-refractivity contribution in [3.8, 4) is 11.5 Å². The van der Waals surface area contributed by atoms with Crippen molar-refractivity contribution in [1.82, 2.24) is 4.72 Å². The molecule has 0 aliphatic rings. The molecule has 0 saturated heterocycles. The standard InChI is InChI=1S/C18H16N2O4S2/c21-17(13-19-26(22,23)18-7-4-12-25-18)20-14-8-10-16(11-9-14)24-15-5-2-1-3-6-15/h1-12,19H,13H2,(H,20,21). The Morgan fingerprint density at radius 2 is 1.62 bits per heavy atom. The fourth-order valence-corrected chi connectivity index (χ4v) is 4.10. The van der Waals surface area contributed by atoms with Crippen LogP contribution in [0.2, 0.25) is 0 Å². The van der Waals surface area contributed by atoms with E-state index in [0.717, 1.165) is 11.3 Å². The summed E-state index contributed by atoms with van der Waals surface area (Å²) in [6, 6.07) is 19.3. The van der Waals surface area contributed by atoms with Crippen LogP contribution in [0, 0.1) is 0 Å². The highest BCUT2D eigenvalue weighted by molar-refractivity contribution is 7.91. The molecule has 134 valence electrons. The second-order valence-corrected chi connectivity index (χ2v) is 8.19. The molecule has 0 unspecified atom stereocenters. The summed E-state index contributed by atoms with van der Waals surface area (Å²) in [4.78, 5) is 11.9. The molecule has 0 aliphatic heterocycles. The lowest BCUT2D eigenvalue weighted by atomic mass is 10.3. The van der Waals surface area contributed by atoms with Gasteiger partial charge < -0.3 is 10.1 Å². The highest BCUT2D eigenvalue weighted by Crippen LogP contribution is 2.22. The molecule has 0 radical (unpaired) electrons. The SMILES string of the molecule is O=C(CNS(=O)(=O)c1cccs1)Nc1ccc(Oc2ccccc2)cc1. The molecule has 0 fully saturated rings. The second-order valence-electron chi connectivity index (χ2n) is 5.24. The lowest BCUT2D eigenvalue weighted by Gasteiger charge is -2.09. The van der Waals surface area contributed by atoms with Crippen LogP contribution in [0.1, 0.15) is 0 Å². The van der Waals surface area contributed by atoms with Gasteiger partial charge in [0.1, 0.15) is 15.7 Å². The number of para-hydroxylation sites is 1. The Hall–Kier alpha value is -2.68. The minimum Gasteiger partial charge on any atom is -0.457 e. The molecule has 0 aliphatic carbocycles. The van der Waals surface area contributed by atoms with Gasteiger partial charge in [-0.1, -0.05) is 24.3 Å². The van der Waals surface area contributed by atoms with Gasteiger partial charge in [-0.05, 0) is 47.8 Å². The van der Waals surface area contributed by atoms with Crippen molar-refractivity contribution in [1.29, 1.82) is 0 Å². The maximum Gasteiger partial charge on any atom is 0.250 e. The number of hydrogen-bond acceptors (Lipinski definition) is 5. The Bertz CT molecular complexity index is 954. The first-order valence-corrected chi connectivity index (χ1v) is 10.1. The van der Waals surface area contributed by atoms with Gasteiger partial charge in [-0.2, -0.15) is 0 Å². The van der Waals surface area contributed by atoms with Crippen LogP contribution in [0.25, 0.3) is 0 Å². The number of thiophene rings is 1. The molecule has 26 heavy (non-hydrogen) atoms. The quantitative estimate of drug-likeness (QED) is 0.649. The Balaban J connectivity index is 1.53. The summed E-state index contributed by atoms with van der Waals surface area (Å²) >= 11 is 1.09. The van der Waals surface area contributed by atoms with E-state index in [1.165, 1.54) is 6.07 Å². The van der Waals surface area contributed by atoms with Crippen molar-refractivity contribution < 1.29 is 17.9 Å². The van der Waals surface area contributed by atoms with Crippen LogP contribution in [-0.4, -0.2) is 20.9 Å². The molecule has 8 heteroatoms. The third kappa shape index (κ3) is 4.92. The molecule has 2 N–H and O–H groups in total. The Morgan fingerprint density at radius 3 is 2.27 bits per heavy atom. The number of amides is 1. The first kappa shape index (κ1) is 18.1. The summed E-state index contributed by atoms with van der Waals surface area (Å²) in [5.41, 5.74) is 0.547.